The Labute approximate surface area is 101 Å². The molecule has 1 aromatic carbocycles. The van der Waals surface area contributed by atoms with Crippen LogP contribution in [0.4, 0.5) is 9.18 Å². The average molecular weight is 252 g/mol. The van der Waals surface area contributed by atoms with Crippen LogP contribution in [-0.4, -0.2) is 29.7 Å². The summed E-state index contributed by atoms with van der Waals surface area (Å²) in [5.74, 6) is -1.92. The van der Waals surface area contributed by atoms with Gasteiger partial charge >= 0.3 is 12.0 Å². The van der Waals surface area contributed by atoms with Gasteiger partial charge in [-0.1, -0.05) is 12.1 Å². The van der Waals surface area contributed by atoms with E-state index < -0.39 is 30.1 Å². The molecule has 1 aliphatic heterocycles. The summed E-state index contributed by atoms with van der Waals surface area (Å²) in [6.07, 6.45) is 0. The number of carboxylic acid groups (broad SMARTS) is 1. The Hall–Kier alpha value is -2.44. The first-order valence-corrected chi connectivity index (χ1v) is 5.03. The van der Waals surface area contributed by atoms with Crippen molar-refractivity contribution in [1.29, 1.82) is 0 Å². The van der Waals surface area contributed by atoms with Gasteiger partial charge in [0.2, 0.25) is 0 Å². The smallest absolute Gasteiger partial charge is 0.335 e. The molecule has 2 rings (SSSR count). The number of imide groups is 1. The lowest BCUT2D eigenvalue weighted by atomic mass is 9.91. The van der Waals surface area contributed by atoms with E-state index in [1.54, 1.807) is 0 Å². The number of benzene rings is 1. The van der Waals surface area contributed by atoms with E-state index in [1.165, 1.54) is 24.3 Å². The van der Waals surface area contributed by atoms with Gasteiger partial charge in [-0.2, -0.15) is 0 Å². The van der Waals surface area contributed by atoms with Crippen LogP contribution in [-0.2, 0) is 10.3 Å². The van der Waals surface area contributed by atoms with Gasteiger partial charge in [-0.15, -0.1) is 0 Å². The first-order chi connectivity index (χ1) is 8.49. The normalized spacial score (nSPS) is 22.5. The lowest BCUT2D eigenvalue weighted by Crippen LogP contribution is -2.45. The Morgan fingerprint density at radius 1 is 1.28 bits per heavy atom. The number of halogens is 1. The van der Waals surface area contributed by atoms with Gasteiger partial charge in [-0.3, -0.25) is 10.1 Å². The fourth-order valence-corrected chi connectivity index (χ4v) is 1.76. The molecule has 94 valence electrons. The highest BCUT2D eigenvalue weighted by Gasteiger charge is 2.48. The number of aromatic carboxylic acids is 1. The molecule has 7 heteroatoms. The van der Waals surface area contributed by atoms with Gasteiger partial charge in [0.1, 0.15) is 6.67 Å². The number of nitrogens with one attached hydrogen (secondary N) is 2. The van der Waals surface area contributed by atoms with Gasteiger partial charge in [-0.25, -0.2) is 14.0 Å². The van der Waals surface area contributed by atoms with Crippen molar-refractivity contribution in [2.24, 2.45) is 0 Å². The van der Waals surface area contributed by atoms with Crippen LogP contribution >= 0.6 is 0 Å². The highest BCUT2D eigenvalue weighted by Crippen LogP contribution is 2.25. The summed E-state index contributed by atoms with van der Waals surface area (Å²) in [5.41, 5.74) is -1.57. The molecule has 0 bridgehead atoms. The maximum absolute atomic E-state index is 13.1. The van der Waals surface area contributed by atoms with Crippen molar-refractivity contribution in [1.82, 2.24) is 10.6 Å². The average Bonchev–Trinajstić information content (AvgIpc) is 2.65. The topological polar surface area (TPSA) is 95.5 Å². The highest BCUT2D eigenvalue weighted by molar-refractivity contribution is 6.07. The van der Waals surface area contributed by atoms with Crippen molar-refractivity contribution in [3.8, 4) is 0 Å². The first kappa shape index (κ1) is 12.0. The number of carboxylic acids is 1. The molecule has 0 aromatic heterocycles. The van der Waals surface area contributed by atoms with Crippen LogP contribution in [0.25, 0.3) is 0 Å². The third-order valence-corrected chi connectivity index (χ3v) is 2.77. The van der Waals surface area contributed by atoms with Gasteiger partial charge in [-0.05, 0) is 17.7 Å². The fourth-order valence-electron chi connectivity index (χ4n) is 1.76. The van der Waals surface area contributed by atoms with Crippen LogP contribution in [0.15, 0.2) is 24.3 Å². The molecule has 1 aromatic rings. The van der Waals surface area contributed by atoms with E-state index in [0.29, 0.717) is 0 Å². The number of hydrogen-bond acceptors (Lipinski definition) is 3. The zero-order chi connectivity index (χ0) is 13.3. The number of carbonyl (C=O) groups excluding carboxylic acids is 2. The van der Waals surface area contributed by atoms with E-state index >= 15 is 0 Å². The first-order valence-electron chi connectivity index (χ1n) is 5.03. The minimum absolute atomic E-state index is 0.0116. The molecule has 6 nitrogen and oxygen atoms in total. The summed E-state index contributed by atoms with van der Waals surface area (Å²) in [6, 6.07) is 4.31. The van der Waals surface area contributed by atoms with Crippen molar-refractivity contribution in [2.45, 2.75) is 5.54 Å². The second-order valence-corrected chi connectivity index (χ2v) is 3.83. The molecule has 1 fully saturated rings. The fraction of sp³-hybridized carbons (Fsp3) is 0.182. The largest absolute Gasteiger partial charge is 0.478 e. The molecule has 3 N–H and O–H groups in total. The summed E-state index contributed by atoms with van der Waals surface area (Å²) in [6.45, 7) is -1.11. The van der Waals surface area contributed by atoms with Crippen molar-refractivity contribution in [3.63, 3.8) is 0 Å². The van der Waals surface area contributed by atoms with Gasteiger partial charge in [0.15, 0.2) is 5.54 Å². The Balaban J connectivity index is 2.42. The molecule has 1 heterocycles. The van der Waals surface area contributed by atoms with Gasteiger partial charge in [0, 0.05) is 0 Å². The van der Waals surface area contributed by atoms with Gasteiger partial charge < -0.3 is 10.4 Å². The molecular weight excluding hydrogens is 243 g/mol. The predicted molar refractivity (Wildman–Crippen MR) is 57.7 cm³/mol. The van der Waals surface area contributed by atoms with Crippen molar-refractivity contribution >= 4 is 17.9 Å². The Kier molecular flexibility index (Phi) is 2.74. The zero-order valence-electron chi connectivity index (χ0n) is 9.07. The predicted octanol–water partition coefficient (Wildman–Crippen LogP) is 0.389. The van der Waals surface area contributed by atoms with Crippen molar-refractivity contribution < 1.29 is 23.9 Å². The molecule has 1 aliphatic rings. The monoisotopic (exact) mass is 252 g/mol. The van der Waals surface area contributed by atoms with Crippen LogP contribution in [0.1, 0.15) is 15.9 Å². The van der Waals surface area contributed by atoms with Crippen LogP contribution in [0.5, 0.6) is 0 Å². The second kappa shape index (κ2) is 4.10. The molecule has 1 saturated heterocycles. The number of carbonyl (C=O) groups is 3. The van der Waals surface area contributed by atoms with Gasteiger partial charge in [0.25, 0.3) is 5.91 Å². The summed E-state index contributed by atoms with van der Waals surface area (Å²) in [7, 11) is 0. The van der Waals surface area contributed by atoms with Crippen LogP contribution < -0.4 is 10.6 Å². The number of alkyl halides is 1. The quantitative estimate of drug-likeness (QED) is 0.678. The van der Waals surface area contributed by atoms with E-state index in [-0.39, 0.29) is 11.1 Å². The lowest BCUT2D eigenvalue weighted by molar-refractivity contribution is -0.124. The third kappa shape index (κ3) is 1.69. The van der Waals surface area contributed by atoms with Crippen molar-refractivity contribution in [3.05, 3.63) is 35.4 Å². The molecule has 18 heavy (non-hydrogen) atoms. The summed E-state index contributed by atoms with van der Waals surface area (Å²) in [5, 5.41) is 12.9. The number of hydrogen-bond donors (Lipinski definition) is 3. The standard InChI is InChI=1S/C11H9FN2O4/c12-5-11(9(17)13-10(18)14-11)7-3-1-6(2-4-7)8(15)16/h1-4H,5H2,(H,15,16)(H2,13,14,17,18). The molecule has 0 saturated carbocycles. The number of urea groups is 1. The SMILES string of the molecule is O=C1NC(=O)C(CF)(c2ccc(C(=O)O)cc2)N1. The molecule has 0 aliphatic carbocycles. The van der Waals surface area contributed by atoms with E-state index in [4.69, 9.17) is 5.11 Å². The lowest BCUT2D eigenvalue weighted by Gasteiger charge is -2.22. The molecular formula is C11H9FN2O4. The maximum atomic E-state index is 13.1. The van der Waals surface area contributed by atoms with Crippen molar-refractivity contribution in [2.75, 3.05) is 6.67 Å². The molecule has 3 amide bonds. The summed E-state index contributed by atoms with van der Waals surface area (Å²) in [4.78, 5) is 33.4. The van der Waals surface area contributed by atoms with Crippen LogP contribution in [0.3, 0.4) is 0 Å². The molecule has 0 radical (unpaired) electrons. The molecule has 1 atom stereocenters. The van der Waals surface area contributed by atoms with E-state index in [2.05, 4.69) is 5.32 Å². The third-order valence-electron chi connectivity index (χ3n) is 2.77. The minimum Gasteiger partial charge on any atom is -0.478 e. The Morgan fingerprint density at radius 3 is 2.28 bits per heavy atom. The zero-order valence-corrected chi connectivity index (χ0v) is 9.07. The van der Waals surface area contributed by atoms with Crippen LogP contribution in [0, 0.1) is 0 Å². The molecule has 1 unspecified atom stereocenters. The minimum atomic E-state index is -1.77. The Morgan fingerprint density at radius 2 is 1.89 bits per heavy atom. The number of rotatable bonds is 3. The summed E-state index contributed by atoms with van der Waals surface area (Å²) >= 11 is 0. The van der Waals surface area contributed by atoms with Gasteiger partial charge in [0.05, 0.1) is 5.56 Å². The second-order valence-electron chi connectivity index (χ2n) is 3.83. The summed E-state index contributed by atoms with van der Waals surface area (Å²) < 4.78 is 13.1. The highest BCUT2D eigenvalue weighted by atomic mass is 19.1. The number of amides is 3. The van der Waals surface area contributed by atoms with E-state index in [1.807, 2.05) is 5.32 Å². The molecule has 0 spiro atoms. The maximum Gasteiger partial charge on any atom is 0.335 e. The van der Waals surface area contributed by atoms with E-state index in [9.17, 15) is 18.8 Å². The van der Waals surface area contributed by atoms with E-state index in [0.717, 1.165) is 0 Å². The Bertz CT molecular complexity index is 528. The van der Waals surface area contributed by atoms with Crippen LogP contribution in [0.2, 0.25) is 0 Å².